The van der Waals surface area contributed by atoms with Gasteiger partial charge in [-0.3, -0.25) is 4.79 Å². The fraction of sp³-hybridized carbons (Fsp3) is 0.462. The Morgan fingerprint density at radius 2 is 2.21 bits per heavy atom. The first-order valence-electron chi connectivity index (χ1n) is 5.91. The van der Waals surface area contributed by atoms with Crippen molar-refractivity contribution in [2.24, 2.45) is 5.92 Å². The zero-order valence-electron chi connectivity index (χ0n) is 10.3. The van der Waals surface area contributed by atoms with E-state index in [0.717, 1.165) is 12.1 Å². The molecular formula is C13H13F3O3. The summed E-state index contributed by atoms with van der Waals surface area (Å²) >= 11 is 0. The van der Waals surface area contributed by atoms with Crippen molar-refractivity contribution in [1.82, 2.24) is 0 Å². The lowest BCUT2D eigenvalue weighted by atomic mass is 9.95. The minimum atomic E-state index is -4.39. The Morgan fingerprint density at radius 1 is 1.47 bits per heavy atom. The topological polar surface area (TPSA) is 35.5 Å². The summed E-state index contributed by atoms with van der Waals surface area (Å²) in [5, 5.41) is 0. The van der Waals surface area contributed by atoms with E-state index in [1.165, 1.54) is 6.07 Å². The van der Waals surface area contributed by atoms with Gasteiger partial charge in [0.2, 0.25) is 0 Å². The Kier molecular flexibility index (Phi) is 3.68. The summed E-state index contributed by atoms with van der Waals surface area (Å²) in [4.78, 5) is 11.6. The molecule has 0 saturated heterocycles. The molecule has 1 aliphatic rings. The Hall–Kier alpha value is -1.72. The van der Waals surface area contributed by atoms with E-state index in [2.05, 4.69) is 0 Å². The molecule has 19 heavy (non-hydrogen) atoms. The average Bonchev–Trinajstić information content (AvgIpc) is 2.36. The molecule has 104 valence electrons. The molecule has 0 bridgehead atoms. The molecule has 2 rings (SSSR count). The van der Waals surface area contributed by atoms with Crippen molar-refractivity contribution in [1.29, 1.82) is 0 Å². The number of carbonyl (C=O) groups excluding carboxylic acids is 1. The summed E-state index contributed by atoms with van der Waals surface area (Å²) in [5.41, 5.74) is -0.155. The first-order valence-corrected chi connectivity index (χ1v) is 5.91. The number of hydrogen-bond acceptors (Lipinski definition) is 3. The van der Waals surface area contributed by atoms with Gasteiger partial charge in [-0.05, 0) is 31.0 Å². The highest BCUT2D eigenvalue weighted by molar-refractivity contribution is 5.73. The van der Waals surface area contributed by atoms with Crippen LogP contribution in [0.1, 0.15) is 18.1 Å². The molecule has 0 radical (unpaired) electrons. The van der Waals surface area contributed by atoms with E-state index in [1.807, 2.05) is 0 Å². The number of carbonyl (C=O) groups is 1. The number of fused-ring (bicyclic) bond motifs is 1. The standard InChI is InChI=1S/C13H13F3O3/c1-2-18-12(17)9-5-8-3-4-10(13(14,15)16)6-11(8)19-7-9/h3-4,6,9H,2,5,7H2,1H3. The third kappa shape index (κ3) is 3.00. The molecule has 0 aliphatic carbocycles. The van der Waals surface area contributed by atoms with Crippen LogP contribution in [0.15, 0.2) is 18.2 Å². The first-order chi connectivity index (χ1) is 8.91. The lowest BCUT2D eigenvalue weighted by molar-refractivity contribution is -0.149. The van der Waals surface area contributed by atoms with Gasteiger partial charge in [0.15, 0.2) is 0 Å². The van der Waals surface area contributed by atoms with Crippen molar-refractivity contribution in [2.75, 3.05) is 13.2 Å². The van der Waals surface area contributed by atoms with E-state index in [9.17, 15) is 18.0 Å². The van der Waals surface area contributed by atoms with Gasteiger partial charge in [0.1, 0.15) is 12.4 Å². The van der Waals surface area contributed by atoms with Gasteiger partial charge in [-0.25, -0.2) is 0 Å². The molecule has 0 fully saturated rings. The van der Waals surface area contributed by atoms with Gasteiger partial charge in [-0.1, -0.05) is 6.07 Å². The Bertz CT molecular complexity index is 483. The lowest BCUT2D eigenvalue weighted by Gasteiger charge is -2.24. The molecule has 6 heteroatoms. The van der Waals surface area contributed by atoms with Crippen LogP contribution in [0.25, 0.3) is 0 Å². The second-order valence-corrected chi connectivity index (χ2v) is 4.28. The molecule has 3 nitrogen and oxygen atoms in total. The predicted molar refractivity (Wildman–Crippen MR) is 60.8 cm³/mol. The van der Waals surface area contributed by atoms with Crippen molar-refractivity contribution in [3.63, 3.8) is 0 Å². The second kappa shape index (κ2) is 5.11. The van der Waals surface area contributed by atoms with Crippen molar-refractivity contribution in [2.45, 2.75) is 19.5 Å². The number of benzene rings is 1. The van der Waals surface area contributed by atoms with Gasteiger partial charge >= 0.3 is 12.1 Å². The van der Waals surface area contributed by atoms with E-state index < -0.39 is 17.7 Å². The predicted octanol–water partition coefficient (Wildman–Crippen LogP) is 2.82. The summed E-state index contributed by atoms with van der Waals surface area (Å²) in [7, 11) is 0. The maximum Gasteiger partial charge on any atom is 0.416 e. The third-order valence-electron chi connectivity index (χ3n) is 2.92. The minimum absolute atomic E-state index is 0.0488. The summed E-state index contributed by atoms with van der Waals surface area (Å²) < 4.78 is 47.7. The monoisotopic (exact) mass is 274 g/mol. The number of rotatable bonds is 2. The summed E-state index contributed by atoms with van der Waals surface area (Å²) in [6.45, 7) is 2.02. The van der Waals surface area contributed by atoms with E-state index in [4.69, 9.17) is 9.47 Å². The largest absolute Gasteiger partial charge is 0.492 e. The fourth-order valence-electron chi connectivity index (χ4n) is 1.96. The van der Waals surface area contributed by atoms with E-state index in [-0.39, 0.29) is 24.9 Å². The Labute approximate surface area is 108 Å². The highest BCUT2D eigenvalue weighted by Gasteiger charge is 2.33. The summed E-state index contributed by atoms with van der Waals surface area (Å²) in [5.74, 6) is -0.646. The number of esters is 1. The molecule has 0 saturated carbocycles. The lowest BCUT2D eigenvalue weighted by Crippen LogP contribution is -2.30. The molecule has 0 aromatic heterocycles. The van der Waals surface area contributed by atoms with Crippen molar-refractivity contribution in [3.05, 3.63) is 29.3 Å². The van der Waals surface area contributed by atoms with Gasteiger partial charge in [0.05, 0.1) is 18.1 Å². The number of halogens is 3. The molecule has 1 unspecified atom stereocenters. The molecule has 0 amide bonds. The number of hydrogen-bond donors (Lipinski definition) is 0. The summed E-state index contributed by atoms with van der Waals surface area (Å²) in [6, 6.07) is 3.32. The summed E-state index contributed by atoms with van der Waals surface area (Å²) in [6.07, 6.45) is -4.05. The van der Waals surface area contributed by atoms with Crippen LogP contribution in [0.4, 0.5) is 13.2 Å². The van der Waals surface area contributed by atoms with Crippen LogP contribution in [-0.2, 0) is 22.1 Å². The van der Waals surface area contributed by atoms with Crippen molar-refractivity contribution in [3.8, 4) is 5.75 Å². The zero-order valence-corrected chi connectivity index (χ0v) is 10.3. The molecule has 0 spiro atoms. The third-order valence-corrected chi connectivity index (χ3v) is 2.92. The minimum Gasteiger partial charge on any atom is -0.492 e. The van der Waals surface area contributed by atoms with Gasteiger partial charge in [-0.2, -0.15) is 13.2 Å². The van der Waals surface area contributed by atoms with Gasteiger partial charge in [-0.15, -0.1) is 0 Å². The number of ether oxygens (including phenoxy) is 2. The van der Waals surface area contributed by atoms with Gasteiger partial charge in [0, 0.05) is 0 Å². The molecule has 1 aromatic carbocycles. The maximum atomic E-state index is 12.5. The molecule has 1 aromatic rings. The van der Waals surface area contributed by atoms with E-state index in [0.29, 0.717) is 12.0 Å². The molecule has 1 aliphatic heterocycles. The van der Waals surface area contributed by atoms with Crippen LogP contribution in [0.2, 0.25) is 0 Å². The maximum absolute atomic E-state index is 12.5. The van der Waals surface area contributed by atoms with E-state index >= 15 is 0 Å². The Morgan fingerprint density at radius 3 is 2.84 bits per heavy atom. The highest BCUT2D eigenvalue weighted by atomic mass is 19.4. The van der Waals surface area contributed by atoms with Crippen LogP contribution in [0, 0.1) is 5.92 Å². The van der Waals surface area contributed by atoms with Gasteiger partial charge < -0.3 is 9.47 Å². The van der Waals surface area contributed by atoms with E-state index in [1.54, 1.807) is 6.92 Å². The first kappa shape index (κ1) is 13.7. The Balaban J connectivity index is 2.17. The molecule has 0 N–H and O–H groups in total. The quantitative estimate of drug-likeness (QED) is 0.778. The smallest absolute Gasteiger partial charge is 0.416 e. The van der Waals surface area contributed by atoms with Crippen molar-refractivity contribution < 1.29 is 27.4 Å². The SMILES string of the molecule is CCOC(=O)C1COc2cc(C(F)(F)F)ccc2C1. The van der Waals surface area contributed by atoms with Gasteiger partial charge in [0.25, 0.3) is 0 Å². The van der Waals surface area contributed by atoms with Crippen LogP contribution in [-0.4, -0.2) is 19.2 Å². The second-order valence-electron chi connectivity index (χ2n) is 4.28. The molecular weight excluding hydrogens is 261 g/mol. The normalized spacial score (nSPS) is 18.4. The van der Waals surface area contributed by atoms with Crippen LogP contribution in [0.3, 0.4) is 0 Å². The van der Waals surface area contributed by atoms with Crippen molar-refractivity contribution >= 4 is 5.97 Å². The molecule has 1 atom stereocenters. The van der Waals surface area contributed by atoms with Crippen LogP contribution in [0.5, 0.6) is 5.75 Å². The average molecular weight is 274 g/mol. The highest BCUT2D eigenvalue weighted by Crippen LogP contribution is 2.35. The fourth-order valence-corrected chi connectivity index (χ4v) is 1.96. The number of alkyl halides is 3. The van der Waals surface area contributed by atoms with Crippen LogP contribution < -0.4 is 4.74 Å². The van der Waals surface area contributed by atoms with Crippen LogP contribution >= 0.6 is 0 Å². The molecule has 1 heterocycles. The zero-order chi connectivity index (χ0) is 14.0.